The zero-order valence-corrected chi connectivity index (χ0v) is 11.4. The molecule has 0 fully saturated rings. The van der Waals surface area contributed by atoms with Crippen LogP contribution in [0, 0.1) is 10.1 Å². The molecule has 2 rings (SSSR count). The lowest BCUT2D eigenvalue weighted by molar-refractivity contribution is -0.388. The predicted molar refractivity (Wildman–Crippen MR) is 73.8 cm³/mol. The summed E-state index contributed by atoms with van der Waals surface area (Å²) in [6.07, 6.45) is 1.19. The number of hydrogen-bond acceptors (Lipinski definition) is 6. The van der Waals surface area contributed by atoms with Crippen molar-refractivity contribution >= 4 is 35.0 Å². The van der Waals surface area contributed by atoms with E-state index in [1.165, 1.54) is 18.0 Å². The minimum Gasteiger partial charge on any atom is -0.357 e. The molecule has 0 unspecified atom stereocenters. The second kappa shape index (κ2) is 5.85. The molecule has 0 atom stereocenters. The van der Waals surface area contributed by atoms with Crippen LogP contribution < -0.4 is 5.32 Å². The summed E-state index contributed by atoms with van der Waals surface area (Å²) < 4.78 is 0. The fourth-order valence-electron chi connectivity index (χ4n) is 1.29. The molecule has 1 heterocycles. The summed E-state index contributed by atoms with van der Waals surface area (Å²) in [7, 11) is 1.65. The van der Waals surface area contributed by atoms with Gasteiger partial charge in [-0.3, -0.25) is 10.1 Å². The van der Waals surface area contributed by atoms with Crippen LogP contribution >= 0.6 is 23.4 Å². The van der Waals surface area contributed by atoms with Gasteiger partial charge in [0.25, 0.3) is 0 Å². The van der Waals surface area contributed by atoms with Crippen molar-refractivity contribution in [2.75, 3.05) is 12.4 Å². The minimum atomic E-state index is -0.502. The molecule has 6 nitrogen and oxygen atoms in total. The molecule has 1 aromatic carbocycles. The average Bonchev–Trinajstić information content (AvgIpc) is 2.41. The Bertz CT molecular complexity index is 606. The quantitative estimate of drug-likeness (QED) is 0.530. The summed E-state index contributed by atoms with van der Waals surface area (Å²) in [5.41, 5.74) is -0.126. The number of nitrogens with one attached hydrogen (secondary N) is 1. The summed E-state index contributed by atoms with van der Waals surface area (Å²) in [5, 5.41) is 14.6. The monoisotopic (exact) mass is 296 g/mol. The normalized spacial score (nSPS) is 10.2. The van der Waals surface area contributed by atoms with E-state index in [-0.39, 0.29) is 10.7 Å². The first-order valence-electron chi connectivity index (χ1n) is 5.23. The Balaban J connectivity index is 2.36. The Morgan fingerprint density at radius 2 is 2.05 bits per heavy atom. The highest BCUT2D eigenvalue weighted by Crippen LogP contribution is 2.33. The first-order valence-corrected chi connectivity index (χ1v) is 6.42. The third kappa shape index (κ3) is 3.33. The third-order valence-corrected chi connectivity index (χ3v) is 3.44. The average molecular weight is 297 g/mol. The van der Waals surface area contributed by atoms with Gasteiger partial charge >= 0.3 is 5.69 Å². The standard InChI is InChI=1S/C11H9ClN4O2S/c1-13-11-14-6-9(16(17)18)10(15-11)19-8-4-2-7(12)3-5-8/h2-6H,1H3,(H,13,14,15). The van der Waals surface area contributed by atoms with Gasteiger partial charge in [0.05, 0.1) is 4.92 Å². The zero-order chi connectivity index (χ0) is 13.8. The van der Waals surface area contributed by atoms with Gasteiger partial charge in [-0.1, -0.05) is 23.4 Å². The number of nitrogens with zero attached hydrogens (tertiary/aromatic N) is 3. The van der Waals surface area contributed by atoms with Crippen LogP contribution in [0.1, 0.15) is 0 Å². The lowest BCUT2D eigenvalue weighted by Gasteiger charge is -2.04. The summed E-state index contributed by atoms with van der Waals surface area (Å²) in [6.45, 7) is 0. The number of rotatable bonds is 4. The maximum absolute atomic E-state index is 10.9. The Kier molecular flexibility index (Phi) is 4.18. The molecule has 2 aromatic rings. The molecule has 0 amide bonds. The van der Waals surface area contributed by atoms with Gasteiger partial charge in [-0.05, 0) is 24.3 Å². The molecule has 0 spiro atoms. The number of nitro groups is 1. The fourth-order valence-corrected chi connectivity index (χ4v) is 2.28. The molecule has 0 aliphatic heterocycles. The van der Waals surface area contributed by atoms with Crippen LogP contribution in [0.5, 0.6) is 0 Å². The van der Waals surface area contributed by atoms with Crippen molar-refractivity contribution in [1.29, 1.82) is 0 Å². The topological polar surface area (TPSA) is 81.0 Å². The van der Waals surface area contributed by atoms with Crippen molar-refractivity contribution < 1.29 is 4.92 Å². The molecule has 0 aliphatic rings. The van der Waals surface area contributed by atoms with E-state index in [1.807, 2.05) is 0 Å². The lowest BCUT2D eigenvalue weighted by atomic mass is 10.4. The number of halogens is 1. The van der Waals surface area contributed by atoms with Crippen molar-refractivity contribution in [3.63, 3.8) is 0 Å². The van der Waals surface area contributed by atoms with E-state index in [1.54, 1.807) is 31.3 Å². The van der Waals surface area contributed by atoms with E-state index in [9.17, 15) is 10.1 Å². The smallest absolute Gasteiger partial charge is 0.320 e. The molecule has 0 aliphatic carbocycles. The van der Waals surface area contributed by atoms with Crippen molar-refractivity contribution in [3.05, 3.63) is 45.6 Å². The highest BCUT2D eigenvalue weighted by Gasteiger charge is 2.18. The number of anilines is 1. The third-order valence-electron chi connectivity index (χ3n) is 2.18. The molecule has 98 valence electrons. The Morgan fingerprint density at radius 1 is 1.37 bits per heavy atom. The molecule has 0 saturated carbocycles. The van der Waals surface area contributed by atoms with Crippen molar-refractivity contribution in [3.8, 4) is 0 Å². The summed E-state index contributed by atoms with van der Waals surface area (Å²) in [4.78, 5) is 19.2. The highest BCUT2D eigenvalue weighted by atomic mass is 35.5. The summed E-state index contributed by atoms with van der Waals surface area (Å²) in [5.74, 6) is 0.335. The fraction of sp³-hybridized carbons (Fsp3) is 0.0909. The number of aromatic nitrogens is 2. The SMILES string of the molecule is CNc1ncc([N+](=O)[O-])c(Sc2ccc(Cl)cc2)n1. The predicted octanol–water partition coefficient (Wildman–Crippen LogP) is 3.23. The van der Waals surface area contributed by atoms with Crippen LogP contribution in [0.15, 0.2) is 40.4 Å². The van der Waals surface area contributed by atoms with Crippen LogP contribution in [0.2, 0.25) is 5.02 Å². The number of benzene rings is 1. The van der Waals surface area contributed by atoms with E-state index in [2.05, 4.69) is 15.3 Å². The molecular weight excluding hydrogens is 288 g/mol. The van der Waals surface area contributed by atoms with E-state index in [0.29, 0.717) is 11.0 Å². The maximum atomic E-state index is 10.9. The van der Waals surface area contributed by atoms with Crippen LogP contribution in [0.25, 0.3) is 0 Å². The van der Waals surface area contributed by atoms with Crippen LogP contribution in [0.3, 0.4) is 0 Å². The van der Waals surface area contributed by atoms with Gasteiger partial charge < -0.3 is 5.32 Å². The second-order valence-corrected chi connectivity index (χ2v) is 4.95. The molecule has 0 saturated heterocycles. The van der Waals surface area contributed by atoms with Crippen molar-refractivity contribution in [1.82, 2.24) is 9.97 Å². The van der Waals surface area contributed by atoms with E-state index in [4.69, 9.17) is 11.6 Å². The Hall–Kier alpha value is -1.86. The highest BCUT2D eigenvalue weighted by molar-refractivity contribution is 7.99. The minimum absolute atomic E-state index is 0.126. The molecule has 1 N–H and O–H groups in total. The van der Waals surface area contributed by atoms with Gasteiger partial charge in [-0.2, -0.15) is 4.98 Å². The van der Waals surface area contributed by atoms with Crippen LogP contribution in [-0.4, -0.2) is 21.9 Å². The molecule has 0 radical (unpaired) electrons. The molecule has 19 heavy (non-hydrogen) atoms. The number of hydrogen-bond donors (Lipinski definition) is 1. The van der Waals surface area contributed by atoms with Crippen LogP contribution in [0.4, 0.5) is 11.6 Å². The summed E-state index contributed by atoms with van der Waals surface area (Å²) >= 11 is 6.98. The zero-order valence-electron chi connectivity index (χ0n) is 9.83. The van der Waals surface area contributed by atoms with Crippen molar-refractivity contribution in [2.24, 2.45) is 0 Å². The second-order valence-electron chi connectivity index (χ2n) is 3.45. The van der Waals surface area contributed by atoms with Gasteiger partial charge in [0.1, 0.15) is 6.20 Å². The Morgan fingerprint density at radius 3 is 2.63 bits per heavy atom. The summed E-state index contributed by atoms with van der Waals surface area (Å²) in [6, 6.07) is 6.99. The molecular formula is C11H9ClN4O2S. The van der Waals surface area contributed by atoms with E-state index in [0.717, 1.165) is 4.90 Å². The van der Waals surface area contributed by atoms with E-state index < -0.39 is 4.92 Å². The lowest BCUT2D eigenvalue weighted by Crippen LogP contribution is -2.00. The maximum Gasteiger partial charge on any atom is 0.320 e. The van der Waals surface area contributed by atoms with Crippen molar-refractivity contribution in [2.45, 2.75) is 9.92 Å². The first kappa shape index (κ1) is 13.6. The van der Waals surface area contributed by atoms with Gasteiger partial charge in [0, 0.05) is 17.0 Å². The van der Waals surface area contributed by atoms with Gasteiger partial charge in [-0.15, -0.1) is 0 Å². The molecule has 1 aromatic heterocycles. The van der Waals surface area contributed by atoms with Crippen LogP contribution in [-0.2, 0) is 0 Å². The van der Waals surface area contributed by atoms with E-state index >= 15 is 0 Å². The Labute approximate surface area is 118 Å². The van der Waals surface area contributed by atoms with Gasteiger partial charge in [0.15, 0.2) is 5.03 Å². The molecule has 0 bridgehead atoms. The van der Waals surface area contributed by atoms with Gasteiger partial charge in [-0.25, -0.2) is 4.98 Å². The first-order chi connectivity index (χ1) is 9.10. The van der Waals surface area contributed by atoms with Gasteiger partial charge in [0.2, 0.25) is 5.95 Å². The largest absolute Gasteiger partial charge is 0.357 e. The molecule has 8 heteroatoms.